The molecule has 1 fully saturated rings. The molecule has 0 unspecified atom stereocenters. The van der Waals surface area contributed by atoms with Gasteiger partial charge in [-0.15, -0.1) is 0 Å². The predicted molar refractivity (Wildman–Crippen MR) is 75.2 cm³/mol. The van der Waals surface area contributed by atoms with Crippen molar-refractivity contribution in [1.29, 1.82) is 0 Å². The summed E-state index contributed by atoms with van der Waals surface area (Å²) in [6.45, 7) is 7.90. The molecule has 1 atom stereocenters. The summed E-state index contributed by atoms with van der Waals surface area (Å²) < 4.78 is 15.3. The summed E-state index contributed by atoms with van der Waals surface area (Å²) in [6, 6.07) is -0.370. The molecule has 8 nitrogen and oxygen atoms in total. The smallest absolute Gasteiger partial charge is 0.410 e. The lowest BCUT2D eigenvalue weighted by atomic mass is 10.2. The first-order valence-corrected chi connectivity index (χ1v) is 7.32. The molecule has 122 valence electrons. The number of hydrogen-bond acceptors (Lipinski definition) is 7. The van der Waals surface area contributed by atoms with Gasteiger partial charge in [0.1, 0.15) is 11.6 Å². The molecule has 2 heterocycles. The van der Waals surface area contributed by atoms with Crippen molar-refractivity contribution in [2.75, 3.05) is 13.2 Å². The van der Waals surface area contributed by atoms with Gasteiger partial charge >= 0.3 is 12.1 Å². The van der Waals surface area contributed by atoms with Crippen LogP contribution in [0.15, 0.2) is 4.52 Å². The lowest BCUT2D eigenvalue weighted by Crippen LogP contribution is -2.36. The van der Waals surface area contributed by atoms with Crippen molar-refractivity contribution in [3.8, 4) is 0 Å². The number of carbonyl (C=O) groups excluding carboxylic acids is 2. The van der Waals surface area contributed by atoms with Gasteiger partial charge in [0.05, 0.1) is 6.61 Å². The topological polar surface area (TPSA) is 94.8 Å². The molecule has 1 aromatic rings. The van der Waals surface area contributed by atoms with Crippen LogP contribution in [-0.2, 0) is 9.47 Å². The van der Waals surface area contributed by atoms with E-state index in [1.165, 1.54) is 0 Å². The molecular formula is C14H21N3O5. The molecule has 22 heavy (non-hydrogen) atoms. The molecule has 1 aromatic heterocycles. The summed E-state index contributed by atoms with van der Waals surface area (Å²) >= 11 is 0. The third kappa shape index (κ3) is 3.75. The molecule has 0 saturated carbocycles. The van der Waals surface area contributed by atoms with Gasteiger partial charge < -0.3 is 14.0 Å². The molecular weight excluding hydrogens is 290 g/mol. The number of esters is 1. The zero-order valence-electron chi connectivity index (χ0n) is 13.3. The van der Waals surface area contributed by atoms with E-state index in [9.17, 15) is 9.59 Å². The summed E-state index contributed by atoms with van der Waals surface area (Å²) in [5, 5.41) is 3.61. The zero-order chi connectivity index (χ0) is 16.3. The van der Waals surface area contributed by atoms with Gasteiger partial charge in [0, 0.05) is 6.54 Å². The standard InChI is InChI=1S/C14H21N3O5/c1-5-20-12(18)10-15-11(22-16-10)9-7-6-8-17(9)13(19)21-14(2,3)4/h9H,5-8H2,1-4H3/t9-/m1/s1. The van der Waals surface area contributed by atoms with Crippen LogP contribution in [0.3, 0.4) is 0 Å². The Kier molecular flexibility index (Phi) is 4.68. The van der Waals surface area contributed by atoms with Crippen LogP contribution in [0.4, 0.5) is 4.79 Å². The maximum Gasteiger partial charge on any atom is 0.410 e. The number of nitrogens with zero attached hydrogens (tertiary/aromatic N) is 3. The molecule has 0 spiro atoms. The van der Waals surface area contributed by atoms with E-state index in [1.54, 1.807) is 11.8 Å². The third-order valence-electron chi connectivity index (χ3n) is 3.07. The first-order chi connectivity index (χ1) is 10.3. The minimum atomic E-state index is -0.640. The molecule has 0 bridgehead atoms. The molecule has 2 rings (SSSR count). The molecule has 0 radical (unpaired) electrons. The van der Waals surface area contributed by atoms with Gasteiger partial charge in [-0.1, -0.05) is 0 Å². The van der Waals surface area contributed by atoms with Crippen LogP contribution in [0.5, 0.6) is 0 Å². The Hall–Kier alpha value is -2.12. The van der Waals surface area contributed by atoms with Crippen molar-refractivity contribution in [2.24, 2.45) is 0 Å². The van der Waals surface area contributed by atoms with Crippen molar-refractivity contribution < 1.29 is 23.6 Å². The highest BCUT2D eigenvalue weighted by molar-refractivity contribution is 5.84. The Balaban J connectivity index is 2.10. The quantitative estimate of drug-likeness (QED) is 0.790. The molecule has 0 N–H and O–H groups in total. The van der Waals surface area contributed by atoms with E-state index in [0.29, 0.717) is 13.0 Å². The average molecular weight is 311 g/mol. The molecule has 0 aliphatic carbocycles. The van der Waals surface area contributed by atoms with E-state index < -0.39 is 17.7 Å². The Bertz CT molecular complexity index is 549. The van der Waals surface area contributed by atoms with Crippen LogP contribution in [0.25, 0.3) is 0 Å². The summed E-state index contributed by atoms with van der Waals surface area (Å²) in [5.74, 6) is -0.543. The van der Waals surface area contributed by atoms with Crippen LogP contribution in [0, 0.1) is 0 Å². The number of aromatic nitrogens is 2. The monoisotopic (exact) mass is 311 g/mol. The lowest BCUT2D eigenvalue weighted by Gasteiger charge is -2.26. The molecule has 0 aromatic carbocycles. The van der Waals surface area contributed by atoms with Crippen LogP contribution in [-0.4, -0.2) is 45.9 Å². The molecule has 1 aliphatic heterocycles. The third-order valence-corrected chi connectivity index (χ3v) is 3.07. The Morgan fingerprint density at radius 2 is 2.14 bits per heavy atom. The Morgan fingerprint density at radius 1 is 1.41 bits per heavy atom. The maximum atomic E-state index is 12.2. The van der Waals surface area contributed by atoms with Gasteiger partial charge in [0.2, 0.25) is 5.89 Å². The first kappa shape index (κ1) is 16.3. The van der Waals surface area contributed by atoms with Crippen molar-refractivity contribution in [3.05, 3.63) is 11.7 Å². The van der Waals surface area contributed by atoms with Gasteiger partial charge in [-0.25, -0.2) is 9.59 Å². The molecule has 1 saturated heterocycles. The Morgan fingerprint density at radius 3 is 2.77 bits per heavy atom. The average Bonchev–Trinajstić information content (AvgIpc) is 3.06. The normalized spacial score (nSPS) is 18.4. The van der Waals surface area contributed by atoms with Crippen molar-refractivity contribution in [2.45, 2.75) is 52.2 Å². The fraction of sp³-hybridized carbons (Fsp3) is 0.714. The van der Waals surface area contributed by atoms with Crippen LogP contribution < -0.4 is 0 Å². The van der Waals surface area contributed by atoms with E-state index in [4.69, 9.17) is 14.0 Å². The summed E-state index contributed by atoms with van der Waals surface area (Å²) in [4.78, 5) is 29.4. The number of amides is 1. The largest absolute Gasteiger partial charge is 0.460 e. The highest BCUT2D eigenvalue weighted by Crippen LogP contribution is 2.32. The van der Waals surface area contributed by atoms with Gasteiger partial charge in [-0.2, -0.15) is 4.98 Å². The van der Waals surface area contributed by atoms with Crippen molar-refractivity contribution in [3.63, 3.8) is 0 Å². The fourth-order valence-electron chi connectivity index (χ4n) is 2.21. The highest BCUT2D eigenvalue weighted by Gasteiger charge is 2.37. The number of rotatable bonds is 3. The van der Waals surface area contributed by atoms with Crippen LogP contribution in [0.2, 0.25) is 0 Å². The minimum Gasteiger partial charge on any atom is -0.460 e. The summed E-state index contributed by atoms with van der Waals surface area (Å²) in [5.41, 5.74) is -0.574. The van der Waals surface area contributed by atoms with Gasteiger partial charge in [0.25, 0.3) is 5.82 Å². The summed E-state index contributed by atoms with van der Waals surface area (Å²) in [6.07, 6.45) is 1.07. The molecule has 1 aliphatic rings. The fourth-order valence-corrected chi connectivity index (χ4v) is 2.21. The summed E-state index contributed by atoms with van der Waals surface area (Å²) in [7, 11) is 0. The van der Waals surface area contributed by atoms with E-state index in [1.807, 2.05) is 20.8 Å². The second kappa shape index (κ2) is 6.33. The second-order valence-corrected chi connectivity index (χ2v) is 6.01. The van der Waals surface area contributed by atoms with E-state index in [0.717, 1.165) is 6.42 Å². The number of ether oxygens (including phenoxy) is 2. The van der Waals surface area contributed by atoms with Gasteiger partial charge in [-0.05, 0) is 45.7 Å². The number of likely N-dealkylation sites (tertiary alicyclic amines) is 1. The Labute approximate surface area is 128 Å². The van der Waals surface area contributed by atoms with Crippen molar-refractivity contribution in [1.82, 2.24) is 15.0 Å². The predicted octanol–water partition coefficient (Wildman–Crippen LogP) is 2.32. The van der Waals surface area contributed by atoms with E-state index in [-0.39, 0.29) is 24.4 Å². The lowest BCUT2D eigenvalue weighted by molar-refractivity contribution is 0.0199. The second-order valence-electron chi connectivity index (χ2n) is 6.01. The van der Waals surface area contributed by atoms with Crippen molar-refractivity contribution >= 4 is 12.1 Å². The maximum absolute atomic E-state index is 12.2. The van der Waals surface area contributed by atoms with Crippen LogP contribution in [0.1, 0.15) is 63.1 Å². The first-order valence-electron chi connectivity index (χ1n) is 7.32. The van der Waals surface area contributed by atoms with E-state index in [2.05, 4.69) is 10.1 Å². The zero-order valence-corrected chi connectivity index (χ0v) is 13.3. The minimum absolute atomic E-state index is 0.132. The molecule has 8 heteroatoms. The molecule has 1 amide bonds. The SMILES string of the molecule is CCOC(=O)c1noc([C@H]2CCCN2C(=O)OC(C)(C)C)n1. The number of carbonyl (C=O) groups is 2. The van der Waals surface area contributed by atoms with Gasteiger partial charge in [0.15, 0.2) is 0 Å². The van der Waals surface area contributed by atoms with Gasteiger partial charge in [-0.3, -0.25) is 4.90 Å². The van der Waals surface area contributed by atoms with Crippen LogP contribution >= 0.6 is 0 Å². The number of hydrogen-bond donors (Lipinski definition) is 0. The van der Waals surface area contributed by atoms with E-state index >= 15 is 0 Å². The highest BCUT2D eigenvalue weighted by atomic mass is 16.6.